The molecule has 1 nitrogen and oxygen atoms in total. The molecule has 0 aromatic heterocycles. The molecular weight excluding hydrogens is 162 g/mol. The normalized spacial score (nSPS) is 11.6. The Morgan fingerprint density at radius 1 is 1.25 bits per heavy atom. The van der Waals surface area contributed by atoms with Gasteiger partial charge in [0.2, 0.25) is 0 Å². The van der Waals surface area contributed by atoms with Crippen molar-refractivity contribution in [2.24, 2.45) is 0 Å². The number of hydrogen-bond donors (Lipinski definition) is 0. The lowest BCUT2D eigenvalue weighted by Gasteiger charge is -2.14. The average molecular weight is 172 g/mol. The lowest BCUT2D eigenvalue weighted by Crippen LogP contribution is -2.19. The van der Waals surface area contributed by atoms with Gasteiger partial charge in [0.25, 0.3) is 5.92 Å². The number of ether oxygens (including phenoxy) is 1. The lowest BCUT2D eigenvalue weighted by atomic mass is 10.1. The molecule has 0 heterocycles. The van der Waals surface area contributed by atoms with Crippen LogP contribution < -0.4 is 0 Å². The zero-order valence-electron chi connectivity index (χ0n) is 6.76. The third kappa shape index (κ3) is 2.01. The zero-order valence-corrected chi connectivity index (χ0v) is 6.76. The molecule has 0 aliphatic rings. The summed E-state index contributed by atoms with van der Waals surface area (Å²) in [5.41, 5.74) is -0.00755. The Hall–Kier alpha value is -0.960. The summed E-state index contributed by atoms with van der Waals surface area (Å²) in [7, 11) is 1.26. The Morgan fingerprint density at radius 3 is 2.33 bits per heavy atom. The van der Waals surface area contributed by atoms with Crippen LogP contribution in [0.4, 0.5) is 8.78 Å². The number of methoxy groups -OCH3 is 1. The van der Waals surface area contributed by atoms with E-state index in [4.69, 9.17) is 0 Å². The molecule has 0 spiro atoms. The van der Waals surface area contributed by atoms with Crippen LogP contribution in [0.25, 0.3) is 0 Å². The average Bonchev–Trinajstić information content (AvgIpc) is 2.06. The molecule has 66 valence electrons. The monoisotopic (exact) mass is 172 g/mol. The minimum absolute atomic E-state index is 0.00755. The van der Waals surface area contributed by atoms with Gasteiger partial charge in [0.15, 0.2) is 0 Å². The standard InChI is InChI=1S/C9H10F2O/c1-12-7-9(10,11)8-5-3-2-4-6-8/h2-6H,7H2,1H3. The van der Waals surface area contributed by atoms with Gasteiger partial charge in [-0.3, -0.25) is 0 Å². The van der Waals surface area contributed by atoms with Crippen LogP contribution in [-0.2, 0) is 10.7 Å². The Kier molecular flexibility index (Phi) is 2.76. The summed E-state index contributed by atoms with van der Waals surface area (Å²) in [5, 5.41) is 0. The van der Waals surface area contributed by atoms with Crippen molar-refractivity contribution in [1.82, 2.24) is 0 Å². The zero-order chi connectivity index (χ0) is 9.03. The Labute approximate surface area is 70.0 Å². The van der Waals surface area contributed by atoms with Gasteiger partial charge >= 0.3 is 0 Å². The van der Waals surface area contributed by atoms with Crippen LogP contribution in [-0.4, -0.2) is 13.7 Å². The maximum Gasteiger partial charge on any atom is 0.296 e. The molecule has 3 heteroatoms. The molecule has 0 saturated carbocycles. The first-order chi connectivity index (χ1) is 5.67. The van der Waals surface area contributed by atoms with Crippen LogP contribution in [0.5, 0.6) is 0 Å². The van der Waals surface area contributed by atoms with E-state index in [0.29, 0.717) is 0 Å². The van der Waals surface area contributed by atoms with Gasteiger partial charge in [-0.2, -0.15) is 8.78 Å². The first-order valence-electron chi connectivity index (χ1n) is 3.59. The molecule has 1 aromatic rings. The molecule has 0 radical (unpaired) electrons. The van der Waals surface area contributed by atoms with E-state index in [9.17, 15) is 8.78 Å². The number of benzene rings is 1. The SMILES string of the molecule is COCC(F)(F)c1ccccc1. The smallest absolute Gasteiger partial charge is 0.296 e. The number of rotatable bonds is 3. The van der Waals surface area contributed by atoms with Crippen LogP contribution in [0, 0.1) is 0 Å². The van der Waals surface area contributed by atoms with Crippen molar-refractivity contribution in [2.75, 3.05) is 13.7 Å². The molecule has 0 unspecified atom stereocenters. The van der Waals surface area contributed by atoms with E-state index >= 15 is 0 Å². The highest BCUT2D eigenvalue weighted by Crippen LogP contribution is 2.27. The molecule has 0 fully saturated rings. The molecule has 0 aliphatic heterocycles. The molecule has 1 rings (SSSR count). The van der Waals surface area contributed by atoms with E-state index in [1.165, 1.54) is 19.2 Å². The van der Waals surface area contributed by atoms with Crippen molar-refractivity contribution in [1.29, 1.82) is 0 Å². The Balaban J connectivity index is 2.82. The highest BCUT2D eigenvalue weighted by molar-refractivity contribution is 5.19. The van der Waals surface area contributed by atoms with Crippen LogP contribution in [0.3, 0.4) is 0 Å². The molecule has 0 atom stereocenters. The van der Waals surface area contributed by atoms with Gasteiger partial charge in [0.1, 0.15) is 6.61 Å². The third-order valence-corrected chi connectivity index (χ3v) is 1.52. The van der Waals surface area contributed by atoms with Gasteiger partial charge in [-0.25, -0.2) is 0 Å². The summed E-state index contributed by atoms with van der Waals surface area (Å²) in [6.07, 6.45) is 0. The maximum atomic E-state index is 13.0. The van der Waals surface area contributed by atoms with E-state index in [1.54, 1.807) is 18.2 Å². The van der Waals surface area contributed by atoms with Gasteiger partial charge in [-0.05, 0) is 0 Å². The van der Waals surface area contributed by atoms with Crippen LogP contribution in [0.2, 0.25) is 0 Å². The minimum Gasteiger partial charge on any atom is -0.378 e. The summed E-state index contributed by atoms with van der Waals surface area (Å²) in [5.74, 6) is -2.88. The summed E-state index contributed by atoms with van der Waals surface area (Å²) in [4.78, 5) is 0. The minimum atomic E-state index is -2.88. The lowest BCUT2D eigenvalue weighted by molar-refractivity contribution is -0.0697. The van der Waals surface area contributed by atoms with Gasteiger partial charge in [0, 0.05) is 12.7 Å². The van der Waals surface area contributed by atoms with Crippen molar-refractivity contribution in [3.63, 3.8) is 0 Å². The van der Waals surface area contributed by atoms with Crippen LogP contribution >= 0.6 is 0 Å². The fraction of sp³-hybridized carbons (Fsp3) is 0.333. The summed E-state index contributed by atoms with van der Waals surface area (Å²) >= 11 is 0. The topological polar surface area (TPSA) is 9.23 Å². The highest BCUT2D eigenvalue weighted by atomic mass is 19.3. The van der Waals surface area contributed by atoms with Crippen molar-refractivity contribution in [2.45, 2.75) is 5.92 Å². The molecule has 0 saturated heterocycles. The summed E-state index contributed by atoms with van der Waals surface area (Å²) in [6.45, 7) is -0.572. The number of halogens is 2. The van der Waals surface area contributed by atoms with E-state index in [1.807, 2.05) is 0 Å². The fourth-order valence-electron chi connectivity index (χ4n) is 0.947. The highest BCUT2D eigenvalue weighted by Gasteiger charge is 2.30. The predicted molar refractivity (Wildman–Crippen MR) is 42.2 cm³/mol. The second-order valence-electron chi connectivity index (χ2n) is 2.50. The largest absolute Gasteiger partial charge is 0.378 e. The first kappa shape index (κ1) is 9.13. The Morgan fingerprint density at radius 2 is 1.83 bits per heavy atom. The van der Waals surface area contributed by atoms with Gasteiger partial charge < -0.3 is 4.74 Å². The third-order valence-electron chi connectivity index (χ3n) is 1.52. The number of alkyl halides is 2. The van der Waals surface area contributed by atoms with E-state index in [2.05, 4.69) is 4.74 Å². The Bertz CT molecular complexity index is 234. The van der Waals surface area contributed by atoms with Crippen molar-refractivity contribution >= 4 is 0 Å². The molecule has 12 heavy (non-hydrogen) atoms. The first-order valence-corrected chi connectivity index (χ1v) is 3.59. The van der Waals surface area contributed by atoms with E-state index in [0.717, 1.165) is 0 Å². The summed E-state index contributed by atoms with van der Waals surface area (Å²) < 4.78 is 30.5. The summed E-state index contributed by atoms with van der Waals surface area (Å²) in [6, 6.07) is 7.64. The van der Waals surface area contributed by atoms with Crippen molar-refractivity contribution < 1.29 is 13.5 Å². The maximum absolute atomic E-state index is 13.0. The van der Waals surface area contributed by atoms with Crippen molar-refractivity contribution in [3.8, 4) is 0 Å². The quantitative estimate of drug-likeness (QED) is 0.680. The van der Waals surface area contributed by atoms with Crippen LogP contribution in [0.15, 0.2) is 30.3 Å². The van der Waals surface area contributed by atoms with Gasteiger partial charge in [0.05, 0.1) is 0 Å². The second-order valence-corrected chi connectivity index (χ2v) is 2.50. The molecule has 0 bridgehead atoms. The fourth-order valence-corrected chi connectivity index (χ4v) is 0.947. The van der Waals surface area contributed by atoms with E-state index < -0.39 is 12.5 Å². The molecular formula is C9H10F2O. The second kappa shape index (κ2) is 3.63. The molecule has 0 aliphatic carbocycles. The van der Waals surface area contributed by atoms with Gasteiger partial charge in [-0.1, -0.05) is 30.3 Å². The van der Waals surface area contributed by atoms with E-state index in [-0.39, 0.29) is 5.56 Å². The molecule has 0 amide bonds. The molecule has 0 N–H and O–H groups in total. The van der Waals surface area contributed by atoms with Crippen LogP contribution in [0.1, 0.15) is 5.56 Å². The van der Waals surface area contributed by atoms with Gasteiger partial charge in [-0.15, -0.1) is 0 Å². The van der Waals surface area contributed by atoms with Crippen molar-refractivity contribution in [3.05, 3.63) is 35.9 Å². The number of hydrogen-bond acceptors (Lipinski definition) is 1. The molecule has 1 aromatic carbocycles. The predicted octanol–water partition coefficient (Wildman–Crippen LogP) is 2.42.